The van der Waals surface area contributed by atoms with E-state index in [1.54, 1.807) is 11.1 Å². The third-order valence-corrected chi connectivity index (χ3v) is 5.86. The zero-order valence-electron chi connectivity index (χ0n) is 14.4. The molecule has 1 aliphatic heterocycles. The van der Waals surface area contributed by atoms with Crippen molar-refractivity contribution in [1.82, 2.24) is 9.88 Å². The van der Waals surface area contributed by atoms with Gasteiger partial charge >= 0.3 is 0 Å². The van der Waals surface area contributed by atoms with Gasteiger partial charge < -0.3 is 4.74 Å². The minimum absolute atomic E-state index is 0.460. The highest BCUT2D eigenvalue weighted by atomic mass is 32.1. The van der Waals surface area contributed by atoms with E-state index in [1.807, 2.05) is 35.7 Å². The monoisotopic (exact) mass is 350 g/mol. The molecule has 0 N–H and O–H groups in total. The van der Waals surface area contributed by atoms with Gasteiger partial charge in [-0.1, -0.05) is 24.3 Å². The fourth-order valence-electron chi connectivity index (χ4n) is 3.42. The van der Waals surface area contributed by atoms with E-state index < -0.39 is 0 Å². The van der Waals surface area contributed by atoms with Crippen LogP contribution in [-0.4, -0.2) is 16.4 Å². The zero-order chi connectivity index (χ0) is 17.1. The van der Waals surface area contributed by atoms with Crippen molar-refractivity contribution in [2.24, 2.45) is 0 Å². The van der Waals surface area contributed by atoms with Gasteiger partial charge in [-0.15, -0.1) is 11.3 Å². The Morgan fingerprint density at radius 3 is 3.00 bits per heavy atom. The van der Waals surface area contributed by atoms with E-state index in [0.29, 0.717) is 12.6 Å². The van der Waals surface area contributed by atoms with Crippen LogP contribution in [0, 0.1) is 0 Å². The Hall–Kier alpha value is -2.17. The molecule has 3 heterocycles. The van der Waals surface area contributed by atoms with E-state index >= 15 is 0 Å². The smallest absolute Gasteiger partial charge is 0.124 e. The molecule has 0 aliphatic carbocycles. The van der Waals surface area contributed by atoms with E-state index in [-0.39, 0.29) is 0 Å². The summed E-state index contributed by atoms with van der Waals surface area (Å²) in [5, 5.41) is 2.22. The highest BCUT2D eigenvalue weighted by Crippen LogP contribution is 2.34. The second-order valence-corrected chi connectivity index (χ2v) is 7.45. The third kappa shape index (κ3) is 3.60. The number of benzene rings is 1. The number of pyridine rings is 1. The number of para-hydroxylation sites is 1. The van der Waals surface area contributed by atoms with E-state index in [1.165, 1.54) is 11.1 Å². The van der Waals surface area contributed by atoms with Gasteiger partial charge in [0, 0.05) is 47.5 Å². The molecule has 25 heavy (non-hydrogen) atoms. The van der Waals surface area contributed by atoms with Crippen LogP contribution in [-0.2, 0) is 19.6 Å². The molecule has 4 heteroatoms. The molecule has 2 aromatic heterocycles. The van der Waals surface area contributed by atoms with Gasteiger partial charge in [-0.25, -0.2) is 0 Å². The van der Waals surface area contributed by atoms with Crippen molar-refractivity contribution >= 4 is 11.3 Å². The van der Waals surface area contributed by atoms with Crippen LogP contribution in [0.15, 0.2) is 60.2 Å². The predicted molar refractivity (Wildman–Crippen MR) is 102 cm³/mol. The van der Waals surface area contributed by atoms with Gasteiger partial charge in [0.05, 0.1) is 0 Å². The predicted octanol–water partition coefficient (Wildman–Crippen LogP) is 4.84. The van der Waals surface area contributed by atoms with Gasteiger partial charge in [0.2, 0.25) is 0 Å². The minimum atomic E-state index is 0.460. The van der Waals surface area contributed by atoms with Crippen LogP contribution in [0.3, 0.4) is 0 Å². The lowest BCUT2D eigenvalue weighted by atomic mass is 10.0. The van der Waals surface area contributed by atoms with Gasteiger partial charge in [-0.05, 0) is 42.5 Å². The minimum Gasteiger partial charge on any atom is -0.489 e. The molecule has 0 radical (unpaired) electrons. The van der Waals surface area contributed by atoms with Gasteiger partial charge in [0.25, 0.3) is 0 Å². The lowest BCUT2D eigenvalue weighted by Crippen LogP contribution is -2.32. The summed E-state index contributed by atoms with van der Waals surface area (Å²) in [5.74, 6) is 0.967. The Morgan fingerprint density at radius 1 is 1.20 bits per heavy atom. The Bertz CT molecular complexity index is 831. The van der Waals surface area contributed by atoms with Crippen LogP contribution in [0.5, 0.6) is 5.75 Å². The second-order valence-electron chi connectivity index (χ2n) is 6.45. The van der Waals surface area contributed by atoms with Crippen LogP contribution in [0.25, 0.3) is 0 Å². The molecule has 3 aromatic rings. The molecule has 4 rings (SSSR count). The number of nitrogens with zero attached hydrogens (tertiary/aromatic N) is 2. The summed E-state index contributed by atoms with van der Waals surface area (Å²) >= 11 is 1.89. The summed E-state index contributed by atoms with van der Waals surface area (Å²) in [6, 6.07) is 15.1. The number of rotatable bonds is 5. The van der Waals surface area contributed by atoms with Crippen LogP contribution in [0.4, 0.5) is 0 Å². The van der Waals surface area contributed by atoms with Crippen LogP contribution in [0.2, 0.25) is 0 Å². The SMILES string of the molecule is C[C@@H]1c2ccsc2CCN1Cc1ccccc1OCc1cccnc1. The lowest BCUT2D eigenvalue weighted by Gasteiger charge is -2.34. The number of hydrogen-bond donors (Lipinski definition) is 0. The van der Waals surface area contributed by atoms with Crippen LogP contribution < -0.4 is 4.74 Å². The molecule has 1 aromatic carbocycles. The van der Waals surface area contributed by atoms with Crippen LogP contribution in [0.1, 0.15) is 34.5 Å². The van der Waals surface area contributed by atoms with Crippen molar-refractivity contribution in [2.45, 2.75) is 32.5 Å². The molecule has 128 valence electrons. The highest BCUT2D eigenvalue weighted by Gasteiger charge is 2.25. The van der Waals surface area contributed by atoms with E-state index in [9.17, 15) is 0 Å². The van der Waals surface area contributed by atoms with Crippen molar-refractivity contribution in [2.75, 3.05) is 6.54 Å². The summed E-state index contributed by atoms with van der Waals surface area (Å²) in [5.41, 5.74) is 3.83. The molecule has 0 bridgehead atoms. The normalized spacial score (nSPS) is 17.2. The Morgan fingerprint density at radius 2 is 2.12 bits per heavy atom. The van der Waals surface area contributed by atoms with E-state index in [4.69, 9.17) is 4.74 Å². The largest absolute Gasteiger partial charge is 0.489 e. The molecule has 0 saturated heterocycles. The molecular formula is C21H22N2OS. The maximum atomic E-state index is 6.09. The third-order valence-electron chi connectivity index (χ3n) is 4.87. The fourth-order valence-corrected chi connectivity index (χ4v) is 4.38. The topological polar surface area (TPSA) is 25.4 Å². The molecule has 3 nitrogen and oxygen atoms in total. The van der Waals surface area contributed by atoms with Crippen molar-refractivity contribution in [3.05, 3.63) is 81.8 Å². The first-order valence-corrected chi connectivity index (χ1v) is 9.59. The van der Waals surface area contributed by atoms with Crippen LogP contribution >= 0.6 is 11.3 Å². The first kappa shape index (κ1) is 16.3. The van der Waals surface area contributed by atoms with E-state index in [2.05, 4.69) is 46.5 Å². The molecule has 0 spiro atoms. The van der Waals surface area contributed by atoms with Crippen molar-refractivity contribution < 1.29 is 4.74 Å². The fraction of sp³-hybridized carbons (Fsp3) is 0.286. The number of ether oxygens (including phenoxy) is 1. The Balaban J connectivity index is 1.48. The number of hydrogen-bond acceptors (Lipinski definition) is 4. The summed E-state index contributed by atoms with van der Waals surface area (Å²) < 4.78 is 6.09. The standard InChI is InChI=1S/C21H22N2OS/c1-16-19-9-12-25-21(19)8-11-23(16)14-18-6-2-3-7-20(18)24-15-17-5-4-10-22-13-17/h2-7,9-10,12-13,16H,8,11,14-15H2,1H3/t16-/m1/s1. The second kappa shape index (κ2) is 7.38. The average Bonchev–Trinajstić information content (AvgIpc) is 3.14. The summed E-state index contributed by atoms with van der Waals surface area (Å²) in [7, 11) is 0. The highest BCUT2D eigenvalue weighted by molar-refractivity contribution is 7.10. The van der Waals surface area contributed by atoms with Gasteiger partial charge in [0.1, 0.15) is 12.4 Å². The molecule has 0 fully saturated rings. The van der Waals surface area contributed by atoms with Crippen molar-refractivity contribution in [3.63, 3.8) is 0 Å². The van der Waals surface area contributed by atoms with Gasteiger partial charge in [0.15, 0.2) is 0 Å². The van der Waals surface area contributed by atoms with Gasteiger partial charge in [-0.3, -0.25) is 9.88 Å². The molecule has 1 aliphatic rings. The maximum absolute atomic E-state index is 6.09. The molecule has 0 unspecified atom stereocenters. The van der Waals surface area contributed by atoms with Crippen molar-refractivity contribution in [1.29, 1.82) is 0 Å². The maximum Gasteiger partial charge on any atom is 0.124 e. The number of fused-ring (bicyclic) bond motifs is 1. The van der Waals surface area contributed by atoms with Gasteiger partial charge in [-0.2, -0.15) is 0 Å². The summed E-state index contributed by atoms with van der Waals surface area (Å²) in [6.07, 6.45) is 4.79. The first-order valence-electron chi connectivity index (χ1n) is 8.71. The quantitative estimate of drug-likeness (QED) is 0.658. The first-order chi connectivity index (χ1) is 12.3. The number of thiophene rings is 1. The summed E-state index contributed by atoms with van der Waals surface area (Å²) in [6.45, 7) is 4.88. The van der Waals surface area contributed by atoms with Crippen molar-refractivity contribution in [3.8, 4) is 5.75 Å². The Labute approximate surface area is 152 Å². The number of aromatic nitrogens is 1. The molecule has 0 amide bonds. The zero-order valence-corrected chi connectivity index (χ0v) is 15.2. The molecular weight excluding hydrogens is 328 g/mol. The molecule has 0 saturated carbocycles. The summed E-state index contributed by atoms with van der Waals surface area (Å²) in [4.78, 5) is 8.24. The Kier molecular flexibility index (Phi) is 4.81. The average molecular weight is 350 g/mol. The molecule has 1 atom stereocenters. The lowest BCUT2D eigenvalue weighted by molar-refractivity contribution is 0.187. The van der Waals surface area contributed by atoms with E-state index in [0.717, 1.165) is 30.8 Å².